The van der Waals surface area contributed by atoms with Crippen LogP contribution in [0.25, 0.3) is 0 Å². The highest BCUT2D eigenvalue weighted by Gasteiger charge is 1.92. The van der Waals surface area contributed by atoms with Crippen molar-refractivity contribution in [1.82, 2.24) is 0 Å². The molecule has 122 valence electrons. The fourth-order valence-electron chi connectivity index (χ4n) is 2.10. The SMILES string of the molecule is CCCCCCCCCCOCOCC/C=C\C[CH2][Mg][Br]. The topological polar surface area (TPSA) is 18.5 Å². The zero-order chi connectivity index (χ0) is 15.4. The van der Waals surface area contributed by atoms with Crippen LogP contribution in [0, 0.1) is 0 Å². The third kappa shape index (κ3) is 20.9. The Labute approximate surface area is 148 Å². The van der Waals surface area contributed by atoms with Crippen molar-refractivity contribution in [3.8, 4) is 0 Å². The Kier molecular flexibility index (Phi) is 21.8. The standard InChI is InChI=1S/C17H33O2.BrH.Mg/c1-3-5-7-9-10-11-12-14-16-19-17-18-15-13-8-6-4-2;;/h6,8H,2-5,7,9-17H2,1H3;1H;/q;;+1/p-1/b8-6-;;. The van der Waals surface area contributed by atoms with Gasteiger partial charge in [-0.3, -0.25) is 0 Å². The van der Waals surface area contributed by atoms with E-state index in [2.05, 4.69) is 32.0 Å². The van der Waals surface area contributed by atoms with Gasteiger partial charge >= 0.3 is 18.2 Å². The van der Waals surface area contributed by atoms with Gasteiger partial charge in [-0.1, -0.05) is 70.4 Å². The lowest BCUT2D eigenvalue weighted by Crippen LogP contribution is -2.02. The number of unbranched alkanes of at least 4 members (excludes halogenated alkanes) is 7. The molecule has 0 radical (unpaired) electrons. The Morgan fingerprint density at radius 2 is 1.43 bits per heavy atom. The third-order valence-corrected chi connectivity index (χ3v) is 5.77. The van der Waals surface area contributed by atoms with E-state index in [0.29, 0.717) is 6.79 Å². The van der Waals surface area contributed by atoms with Crippen molar-refractivity contribution in [2.75, 3.05) is 20.0 Å². The molecule has 2 nitrogen and oxygen atoms in total. The molecule has 0 heterocycles. The number of hydrogen-bond donors (Lipinski definition) is 0. The lowest BCUT2D eigenvalue weighted by Gasteiger charge is -2.05. The maximum Gasteiger partial charge on any atom is 0.468 e. The Balaban J connectivity index is 2.98. The van der Waals surface area contributed by atoms with Gasteiger partial charge in [0.1, 0.15) is 6.79 Å². The molecule has 0 aromatic heterocycles. The summed E-state index contributed by atoms with van der Waals surface area (Å²) in [5.41, 5.74) is 0. The highest BCUT2D eigenvalue weighted by Crippen LogP contribution is 2.08. The van der Waals surface area contributed by atoms with Crippen molar-refractivity contribution in [1.29, 1.82) is 0 Å². The Morgan fingerprint density at radius 3 is 2.14 bits per heavy atom. The van der Waals surface area contributed by atoms with Gasteiger partial charge in [-0.05, 0) is 12.8 Å². The molecular weight excluding hydrogens is 340 g/mol. The molecule has 0 fully saturated rings. The second-order valence-electron chi connectivity index (χ2n) is 5.50. The van der Waals surface area contributed by atoms with E-state index in [0.717, 1.165) is 19.6 Å². The van der Waals surface area contributed by atoms with Gasteiger partial charge in [0.15, 0.2) is 0 Å². The summed E-state index contributed by atoms with van der Waals surface area (Å²) in [5, 5.41) is 0. The summed E-state index contributed by atoms with van der Waals surface area (Å²) in [5.74, 6) is 0. The first kappa shape index (κ1) is 21.9. The highest BCUT2D eigenvalue weighted by atomic mass is 79.9. The summed E-state index contributed by atoms with van der Waals surface area (Å²) in [6.45, 7) is 4.35. The first-order valence-electron chi connectivity index (χ1n) is 8.78. The van der Waals surface area contributed by atoms with Crippen molar-refractivity contribution in [3.63, 3.8) is 0 Å². The van der Waals surface area contributed by atoms with Crippen molar-refractivity contribution in [3.05, 3.63) is 12.2 Å². The minimum Gasteiger partial charge on any atom is -0.355 e. The Bertz CT molecular complexity index is 213. The molecule has 0 aliphatic rings. The maximum absolute atomic E-state index is 5.48. The van der Waals surface area contributed by atoms with E-state index in [4.69, 9.17) is 9.47 Å². The van der Waals surface area contributed by atoms with Gasteiger partial charge in [-0.25, -0.2) is 0 Å². The molecule has 0 N–H and O–H groups in total. The van der Waals surface area contributed by atoms with E-state index in [-0.39, 0.29) is 18.2 Å². The van der Waals surface area contributed by atoms with Gasteiger partial charge in [0.25, 0.3) is 0 Å². The van der Waals surface area contributed by atoms with Crippen molar-refractivity contribution in [2.24, 2.45) is 0 Å². The van der Waals surface area contributed by atoms with Crippen LogP contribution in [0.2, 0.25) is 4.55 Å². The van der Waals surface area contributed by atoms with E-state index >= 15 is 0 Å². The van der Waals surface area contributed by atoms with Crippen LogP contribution >= 0.6 is 12.9 Å². The average Bonchev–Trinajstić information content (AvgIpc) is 2.50. The summed E-state index contributed by atoms with van der Waals surface area (Å²) in [7, 11) is 0. The van der Waals surface area contributed by atoms with E-state index in [9.17, 15) is 0 Å². The van der Waals surface area contributed by atoms with Crippen molar-refractivity contribution in [2.45, 2.75) is 75.7 Å². The number of ether oxygens (including phenoxy) is 2. The highest BCUT2D eigenvalue weighted by molar-refractivity contribution is 9.23. The largest absolute Gasteiger partial charge is 0.468 e. The molecule has 21 heavy (non-hydrogen) atoms. The fraction of sp³-hybridized carbons (Fsp3) is 0.882. The molecule has 0 unspecified atom stereocenters. The van der Waals surface area contributed by atoms with Crippen LogP contribution in [0.3, 0.4) is 0 Å². The molecule has 0 aliphatic heterocycles. The predicted octanol–water partition coefficient (Wildman–Crippen LogP) is 5.89. The van der Waals surface area contributed by atoms with Crippen LogP contribution in [-0.2, 0) is 9.47 Å². The van der Waals surface area contributed by atoms with E-state index in [1.54, 1.807) is 0 Å². The van der Waals surface area contributed by atoms with Crippen LogP contribution in [0.1, 0.15) is 71.1 Å². The molecule has 0 saturated carbocycles. The molecule has 0 aromatic rings. The van der Waals surface area contributed by atoms with Gasteiger partial charge in [0.05, 0.1) is 6.61 Å². The van der Waals surface area contributed by atoms with Crippen molar-refractivity contribution >= 4 is 31.1 Å². The summed E-state index contributed by atoms with van der Waals surface area (Å²) in [4.78, 5) is 0. The zero-order valence-electron chi connectivity index (χ0n) is 14.0. The lowest BCUT2D eigenvalue weighted by molar-refractivity contribution is -0.0531. The van der Waals surface area contributed by atoms with Gasteiger partial charge in [-0.15, -0.1) is 4.55 Å². The lowest BCUT2D eigenvalue weighted by atomic mass is 10.1. The second-order valence-corrected chi connectivity index (χ2v) is 8.96. The molecule has 4 heteroatoms. The van der Waals surface area contributed by atoms with Crippen molar-refractivity contribution < 1.29 is 9.47 Å². The summed E-state index contributed by atoms with van der Waals surface area (Å²) in [6.07, 6.45) is 17.5. The minimum atomic E-state index is 0.0581. The summed E-state index contributed by atoms with van der Waals surface area (Å²) < 4.78 is 12.3. The molecule has 0 spiro atoms. The van der Waals surface area contributed by atoms with Crippen LogP contribution < -0.4 is 0 Å². The fourth-order valence-corrected chi connectivity index (χ4v) is 3.46. The van der Waals surface area contributed by atoms with Crippen LogP contribution in [0.5, 0.6) is 0 Å². The molecule has 0 aromatic carbocycles. The smallest absolute Gasteiger partial charge is 0.355 e. The molecule has 0 saturated heterocycles. The van der Waals surface area contributed by atoms with E-state index in [1.165, 1.54) is 62.3 Å². The summed E-state index contributed by atoms with van der Waals surface area (Å²) >= 11 is 3.62. The van der Waals surface area contributed by atoms with E-state index < -0.39 is 0 Å². The first-order valence-corrected chi connectivity index (χ1v) is 13.7. The normalized spacial score (nSPS) is 11.1. The number of halogens is 1. The van der Waals surface area contributed by atoms with E-state index in [1.807, 2.05) is 0 Å². The quantitative estimate of drug-likeness (QED) is 0.137. The average molecular weight is 374 g/mol. The third-order valence-electron chi connectivity index (χ3n) is 3.41. The minimum absolute atomic E-state index is 0.0581. The van der Waals surface area contributed by atoms with Crippen LogP contribution in [0.15, 0.2) is 12.2 Å². The van der Waals surface area contributed by atoms with Crippen LogP contribution in [0.4, 0.5) is 0 Å². The van der Waals surface area contributed by atoms with Gasteiger partial charge < -0.3 is 22.4 Å². The number of rotatable bonds is 17. The molecule has 0 amide bonds. The van der Waals surface area contributed by atoms with Gasteiger partial charge in [0.2, 0.25) is 0 Å². The predicted molar refractivity (Wildman–Crippen MR) is 97.2 cm³/mol. The Hall–Kier alpha value is 0.906. The first-order chi connectivity index (χ1) is 10.4. The number of hydrogen-bond acceptors (Lipinski definition) is 2. The molecule has 0 bridgehead atoms. The molecule has 0 rings (SSSR count). The molecule has 0 aliphatic carbocycles. The monoisotopic (exact) mass is 372 g/mol. The van der Waals surface area contributed by atoms with Gasteiger partial charge in [0, 0.05) is 6.61 Å². The summed E-state index contributed by atoms with van der Waals surface area (Å²) in [6, 6.07) is 0. The maximum atomic E-state index is 5.48. The molecular formula is C17H33BrMgO2. The van der Waals surface area contributed by atoms with Crippen LogP contribution in [-0.4, -0.2) is 38.2 Å². The Morgan fingerprint density at radius 1 is 0.810 bits per heavy atom. The second kappa shape index (κ2) is 20.9. The van der Waals surface area contributed by atoms with Gasteiger partial charge in [-0.2, -0.15) is 0 Å². The zero-order valence-corrected chi connectivity index (χ0v) is 17.0. The molecule has 0 atom stereocenters. The number of allylic oxidation sites excluding steroid dienone is 1.